The molecule has 0 saturated heterocycles. The molecular formula is C15H10ClF3N2O. The average Bonchev–Trinajstić information content (AvgIpc) is 2.48. The van der Waals surface area contributed by atoms with Crippen LogP contribution in [0.25, 0.3) is 0 Å². The van der Waals surface area contributed by atoms with Crippen molar-refractivity contribution in [3.05, 3.63) is 58.1 Å². The van der Waals surface area contributed by atoms with Gasteiger partial charge in [0.25, 0.3) is 0 Å². The molecule has 0 saturated carbocycles. The Balaban J connectivity index is 2.38. The molecule has 0 fully saturated rings. The first-order valence-electron chi connectivity index (χ1n) is 6.13. The van der Waals surface area contributed by atoms with Gasteiger partial charge in [-0.1, -0.05) is 17.7 Å². The summed E-state index contributed by atoms with van der Waals surface area (Å²) in [5.74, 6) is 0.0869. The summed E-state index contributed by atoms with van der Waals surface area (Å²) in [6.45, 7) is 0.244. The number of benzene rings is 2. The lowest BCUT2D eigenvalue weighted by Crippen LogP contribution is -2.06. The second-order valence-electron chi connectivity index (χ2n) is 4.39. The van der Waals surface area contributed by atoms with Gasteiger partial charge >= 0.3 is 6.18 Å². The van der Waals surface area contributed by atoms with Crippen LogP contribution in [0.5, 0.6) is 11.5 Å². The van der Waals surface area contributed by atoms with Crippen molar-refractivity contribution >= 4 is 11.6 Å². The summed E-state index contributed by atoms with van der Waals surface area (Å²) in [7, 11) is 0. The Morgan fingerprint density at radius 3 is 2.50 bits per heavy atom. The van der Waals surface area contributed by atoms with Crippen LogP contribution >= 0.6 is 11.6 Å². The van der Waals surface area contributed by atoms with Gasteiger partial charge in [0.05, 0.1) is 16.1 Å². The predicted molar refractivity (Wildman–Crippen MR) is 75.6 cm³/mol. The van der Waals surface area contributed by atoms with Crippen molar-refractivity contribution in [2.24, 2.45) is 5.73 Å². The number of nitriles is 1. The minimum Gasteiger partial charge on any atom is -0.456 e. The van der Waals surface area contributed by atoms with Crippen molar-refractivity contribution in [3.63, 3.8) is 0 Å². The summed E-state index contributed by atoms with van der Waals surface area (Å²) >= 11 is 5.54. The molecule has 0 atom stereocenters. The topological polar surface area (TPSA) is 59.0 Å². The molecule has 0 amide bonds. The van der Waals surface area contributed by atoms with Crippen LogP contribution < -0.4 is 10.5 Å². The summed E-state index contributed by atoms with van der Waals surface area (Å²) in [6.07, 6.45) is -4.59. The van der Waals surface area contributed by atoms with Gasteiger partial charge in [-0.3, -0.25) is 0 Å². The van der Waals surface area contributed by atoms with E-state index in [-0.39, 0.29) is 23.6 Å². The third-order valence-electron chi connectivity index (χ3n) is 2.87. The van der Waals surface area contributed by atoms with E-state index in [0.29, 0.717) is 0 Å². The lowest BCUT2D eigenvalue weighted by atomic mass is 10.1. The Hall–Kier alpha value is -2.23. The lowest BCUT2D eigenvalue weighted by molar-refractivity contribution is -0.137. The van der Waals surface area contributed by atoms with Gasteiger partial charge in [0.15, 0.2) is 0 Å². The summed E-state index contributed by atoms with van der Waals surface area (Å²) in [4.78, 5) is 0. The predicted octanol–water partition coefficient (Wildman–Crippen LogP) is 4.48. The number of hydrogen-bond acceptors (Lipinski definition) is 3. The number of hydrogen-bond donors (Lipinski definition) is 1. The quantitative estimate of drug-likeness (QED) is 0.904. The summed E-state index contributed by atoms with van der Waals surface area (Å²) < 4.78 is 43.8. The first kappa shape index (κ1) is 16.1. The van der Waals surface area contributed by atoms with Crippen molar-refractivity contribution < 1.29 is 17.9 Å². The van der Waals surface area contributed by atoms with E-state index >= 15 is 0 Å². The van der Waals surface area contributed by atoms with E-state index in [1.807, 2.05) is 6.07 Å². The monoisotopic (exact) mass is 326 g/mol. The third kappa shape index (κ3) is 3.50. The first-order valence-corrected chi connectivity index (χ1v) is 6.50. The normalized spacial score (nSPS) is 11.1. The van der Waals surface area contributed by atoms with Crippen LogP contribution in [0.1, 0.15) is 16.7 Å². The van der Waals surface area contributed by atoms with E-state index in [0.717, 1.165) is 17.7 Å². The van der Waals surface area contributed by atoms with Gasteiger partial charge in [-0.25, -0.2) is 0 Å². The summed E-state index contributed by atoms with van der Waals surface area (Å²) in [5, 5.41) is 8.65. The molecule has 0 bridgehead atoms. The number of ether oxygens (including phenoxy) is 1. The minimum absolute atomic E-state index is 0.0614. The third-order valence-corrected chi connectivity index (χ3v) is 3.20. The van der Waals surface area contributed by atoms with Crippen LogP contribution in [0.2, 0.25) is 5.02 Å². The summed E-state index contributed by atoms with van der Waals surface area (Å²) in [5.41, 5.74) is 5.38. The van der Waals surface area contributed by atoms with E-state index in [2.05, 4.69) is 0 Å². The van der Waals surface area contributed by atoms with E-state index in [1.165, 1.54) is 18.2 Å². The first-order chi connectivity index (χ1) is 10.3. The molecule has 0 aliphatic rings. The zero-order valence-electron chi connectivity index (χ0n) is 11.1. The second kappa shape index (κ2) is 6.26. The number of rotatable bonds is 3. The Morgan fingerprint density at radius 1 is 1.18 bits per heavy atom. The summed E-state index contributed by atoms with van der Waals surface area (Å²) in [6, 6.07) is 9.76. The van der Waals surface area contributed by atoms with Crippen LogP contribution in [0.15, 0.2) is 36.4 Å². The average molecular weight is 327 g/mol. The zero-order valence-corrected chi connectivity index (χ0v) is 11.9. The Morgan fingerprint density at radius 2 is 1.91 bits per heavy atom. The number of nitrogens with two attached hydrogens (primary N) is 1. The maximum Gasteiger partial charge on any atom is 0.417 e. The molecule has 0 spiro atoms. The standard InChI is InChI=1S/C15H10ClF3N2O/c16-13-3-2-11(6-12(13)15(17,18)19)22-14-4-1-9(7-20)5-10(14)8-21/h1-6H,7,20H2. The molecule has 2 aromatic rings. The molecular weight excluding hydrogens is 317 g/mol. The van der Waals surface area contributed by atoms with Crippen LogP contribution in [0, 0.1) is 11.3 Å². The van der Waals surface area contributed by atoms with E-state index < -0.39 is 16.8 Å². The fourth-order valence-electron chi connectivity index (χ4n) is 1.79. The molecule has 0 radical (unpaired) electrons. The number of halogens is 4. The highest BCUT2D eigenvalue weighted by molar-refractivity contribution is 6.31. The SMILES string of the molecule is N#Cc1cc(CN)ccc1Oc1ccc(Cl)c(C(F)(F)F)c1. The maximum absolute atomic E-state index is 12.8. The van der Waals surface area contributed by atoms with Crippen molar-refractivity contribution in [2.45, 2.75) is 12.7 Å². The van der Waals surface area contributed by atoms with E-state index in [9.17, 15) is 13.2 Å². The largest absolute Gasteiger partial charge is 0.456 e. The molecule has 0 aliphatic carbocycles. The highest BCUT2D eigenvalue weighted by Crippen LogP contribution is 2.38. The Bertz CT molecular complexity index is 739. The molecule has 22 heavy (non-hydrogen) atoms. The molecule has 0 heterocycles. The van der Waals surface area contributed by atoms with Gasteiger partial charge < -0.3 is 10.5 Å². The number of nitrogens with zero attached hydrogens (tertiary/aromatic N) is 1. The van der Waals surface area contributed by atoms with Gasteiger partial charge in [-0.05, 0) is 35.9 Å². The molecule has 7 heteroatoms. The van der Waals surface area contributed by atoms with Gasteiger partial charge in [0, 0.05) is 6.54 Å². The van der Waals surface area contributed by atoms with Crippen molar-refractivity contribution in [2.75, 3.05) is 0 Å². The Kier molecular flexibility index (Phi) is 4.59. The maximum atomic E-state index is 12.8. The second-order valence-corrected chi connectivity index (χ2v) is 4.80. The fourth-order valence-corrected chi connectivity index (χ4v) is 2.02. The number of alkyl halides is 3. The van der Waals surface area contributed by atoms with Gasteiger partial charge in [-0.2, -0.15) is 18.4 Å². The highest BCUT2D eigenvalue weighted by atomic mass is 35.5. The van der Waals surface area contributed by atoms with Crippen LogP contribution in [-0.4, -0.2) is 0 Å². The lowest BCUT2D eigenvalue weighted by Gasteiger charge is -2.12. The highest BCUT2D eigenvalue weighted by Gasteiger charge is 2.33. The van der Waals surface area contributed by atoms with Crippen molar-refractivity contribution in [3.8, 4) is 17.6 Å². The molecule has 2 aromatic carbocycles. The Labute approximate surface area is 129 Å². The fraction of sp³-hybridized carbons (Fsp3) is 0.133. The molecule has 114 valence electrons. The van der Waals surface area contributed by atoms with Crippen LogP contribution in [0.4, 0.5) is 13.2 Å². The van der Waals surface area contributed by atoms with Gasteiger partial charge in [0.2, 0.25) is 0 Å². The molecule has 2 rings (SSSR count). The van der Waals surface area contributed by atoms with Gasteiger partial charge in [0.1, 0.15) is 17.6 Å². The smallest absolute Gasteiger partial charge is 0.417 e. The van der Waals surface area contributed by atoms with Gasteiger partial charge in [-0.15, -0.1) is 0 Å². The molecule has 0 aromatic heterocycles. The molecule has 3 nitrogen and oxygen atoms in total. The molecule has 2 N–H and O–H groups in total. The van der Waals surface area contributed by atoms with Crippen LogP contribution in [0.3, 0.4) is 0 Å². The van der Waals surface area contributed by atoms with E-state index in [1.54, 1.807) is 6.07 Å². The molecule has 0 aliphatic heterocycles. The van der Waals surface area contributed by atoms with Crippen LogP contribution in [-0.2, 0) is 12.7 Å². The molecule has 0 unspecified atom stereocenters. The minimum atomic E-state index is -4.59. The van der Waals surface area contributed by atoms with Crippen molar-refractivity contribution in [1.82, 2.24) is 0 Å². The van der Waals surface area contributed by atoms with E-state index in [4.69, 9.17) is 27.3 Å². The van der Waals surface area contributed by atoms with Crippen molar-refractivity contribution in [1.29, 1.82) is 5.26 Å². The zero-order chi connectivity index (χ0) is 16.3.